The van der Waals surface area contributed by atoms with E-state index >= 15 is 0 Å². The zero-order chi connectivity index (χ0) is 24.7. The van der Waals surface area contributed by atoms with E-state index in [4.69, 9.17) is 16.3 Å². The topological polar surface area (TPSA) is 91.0 Å². The molecule has 0 saturated carbocycles. The highest BCUT2D eigenvalue weighted by Gasteiger charge is 2.17. The standard InChI is InChI=1S/C26H22ClN5O3/c1-15-4-7-18(11-20(15)27)32-25-19-10-16(5-8-21(19)28-13-22(25)31(2)26(32)34)17-6-9-23(29-12-17)30-24(33)14-35-3/h4-13H,14H2,1-3H3,(H,29,30,33). The molecule has 0 spiro atoms. The number of nitrogens with one attached hydrogen (secondary N) is 1. The van der Waals surface area contributed by atoms with Crippen molar-refractivity contribution < 1.29 is 9.53 Å². The highest BCUT2D eigenvalue weighted by molar-refractivity contribution is 6.31. The zero-order valence-electron chi connectivity index (χ0n) is 19.4. The molecule has 5 rings (SSSR count). The van der Waals surface area contributed by atoms with E-state index in [1.165, 1.54) is 7.11 Å². The van der Waals surface area contributed by atoms with Gasteiger partial charge in [-0.3, -0.25) is 18.9 Å². The Labute approximate surface area is 205 Å². The predicted molar refractivity (Wildman–Crippen MR) is 137 cm³/mol. The summed E-state index contributed by atoms with van der Waals surface area (Å²) in [4.78, 5) is 33.9. The maximum atomic E-state index is 13.3. The summed E-state index contributed by atoms with van der Waals surface area (Å²) >= 11 is 6.38. The highest BCUT2D eigenvalue weighted by Crippen LogP contribution is 2.30. The number of carbonyl (C=O) groups is 1. The summed E-state index contributed by atoms with van der Waals surface area (Å²) in [5, 5.41) is 4.10. The van der Waals surface area contributed by atoms with E-state index in [1.54, 1.807) is 40.7 Å². The van der Waals surface area contributed by atoms with Crippen molar-refractivity contribution in [2.24, 2.45) is 7.05 Å². The number of amides is 1. The maximum Gasteiger partial charge on any atom is 0.333 e. The van der Waals surface area contributed by atoms with Gasteiger partial charge in [0, 0.05) is 36.3 Å². The van der Waals surface area contributed by atoms with Gasteiger partial charge in [0.2, 0.25) is 0 Å². The first-order valence-electron chi connectivity index (χ1n) is 10.9. The molecule has 2 aromatic carbocycles. The number of fused-ring (bicyclic) bond motifs is 3. The van der Waals surface area contributed by atoms with E-state index in [9.17, 15) is 9.59 Å². The molecule has 0 fully saturated rings. The number of hydrogen-bond acceptors (Lipinski definition) is 5. The van der Waals surface area contributed by atoms with Crippen LogP contribution in [0.25, 0.3) is 38.8 Å². The molecule has 0 aliphatic rings. The molecular formula is C26H22ClN5O3. The lowest BCUT2D eigenvalue weighted by Gasteiger charge is -2.09. The SMILES string of the molecule is COCC(=O)Nc1ccc(-c2ccc3ncc4c(c3c2)n(-c2ccc(C)c(Cl)c2)c(=O)n4C)cn1. The number of pyridine rings is 2. The van der Waals surface area contributed by atoms with E-state index in [2.05, 4.69) is 15.3 Å². The number of rotatable bonds is 5. The predicted octanol–water partition coefficient (Wildman–Crippen LogP) is 4.49. The van der Waals surface area contributed by atoms with Crippen LogP contribution in [0.5, 0.6) is 0 Å². The fourth-order valence-electron chi connectivity index (χ4n) is 4.09. The molecule has 5 aromatic rings. The average Bonchev–Trinajstić information content (AvgIpc) is 3.11. The molecule has 35 heavy (non-hydrogen) atoms. The third-order valence-corrected chi connectivity index (χ3v) is 6.34. The summed E-state index contributed by atoms with van der Waals surface area (Å²) in [6.45, 7) is 1.88. The Morgan fingerprint density at radius 1 is 1.06 bits per heavy atom. The summed E-state index contributed by atoms with van der Waals surface area (Å²) in [5.74, 6) is 0.166. The van der Waals surface area contributed by atoms with E-state index in [0.717, 1.165) is 33.1 Å². The third-order valence-electron chi connectivity index (χ3n) is 5.94. The second kappa shape index (κ2) is 8.98. The molecule has 0 radical (unpaired) electrons. The van der Waals surface area contributed by atoms with Crippen molar-refractivity contribution in [2.45, 2.75) is 6.92 Å². The molecule has 0 aliphatic heterocycles. The molecular weight excluding hydrogens is 466 g/mol. The number of benzene rings is 2. The van der Waals surface area contributed by atoms with Gasteiger partial charge in [-0.2, -0.15) is 0 Å². The summed E-state index contributed by atoms with van der Waals surface area (Å²) in [6, 6.07) is 15.1. The van der Waals surface area contributed by atoms with Crippen molar-refractivity contribution in [1.29, 1.82) is 0 Å². The van der Waals surface area contributed by atoms with Gasteiger partial charge in [0.05, 0.1) is 28.4 Å². The first-order valence-corrected chi connectivity index (χ1v) is 11.3. The Hall–Kier alpha value is -4.01. The quantitative estimate of drug-likeness (QED) is 0.394. The number of ether oxygens (including phenoxy) is 1. The first-order chi connectivity index (χ1) is 16.9. The van der Waals surface area contributed by atoms with Crippen LogP contribution in [0, 0.1) is 6.92 Å². The van der Waals surface area contributed by atoms with E-state index < -0.39 is 0 Å². The van der Waals surface area contributed by atoms with Crippen LogP contribution in [0.15, 0.2) is 65.7 Å². The van der Waals surface area contributed by atoms with Crippen molar-refractivity contribution >= 4 is 45.3 Å². The number of aryl methyl sites for hydroxylation is 2. The molecule has 0 unspecified atom stereocenters. The zero-order valence-corrected chi connectivity index (χ0v) is 20.1. The van der Waals surface area contributed by atoms with Gasteiger partial charge in [0.25, 0.3) is 5.91 Å². The average molecular weight is 488 g/mol. The smallest absolute Gasteiger partial charge is 0.333 e. The summed E-state index contributed by atoms with van der Waals surface area (Å²) < 4.78 is 8.08. The Bertz CT molecular complexity index is 1650. The van der Waals surface area contributed by atoms with Crippen molar-refractivity contribution in [3.05, 3.63) is 82.0 Å². The van der Waals surface area contributed by atoms with E-state index in [1.807, 2.05) is 43.3 Å². The lowest BCUT2D eigenvalue weighted by molar-refractivity contribution is -0.119. The van der Waals surface area contributed by atoms with Crippen LogP contribution in [0.4, 0.5) is 5.82 Å². The van der Waals surface area contributed by atoms with Gasteiger partial charge in [0.15, 0.2) is 0 Å². The van der Waals surface area contributed by atoms with Gasteiger partial charge in [-0.05, 0) is 54.4 Å². The van der Waals surface area contributed by atoms with Crippen LogP contribution in [0.1, 0.15) is 5.56 Å². The largest absolute Gasteiger partial charge is 0.375 e. The molecule has 0 atom stereocenters. The third kappa shape index (κ3) is 4.07. The van der Waals surface area contributed by atoms with E-state index in [0.29, 0.717) is 22.0 Å². The number of hydrogen-bond donors (Lipinski definition) is 1. The lowest BCUT2D eigenvalue weighted by atomic mass is 10.0. The molecule has 0 aliphatic carbocycles. The minimum atomic E-state index is -0.273. The monoisotopic (exact) mass is 487 g/mol. The van der Waals surface area contributed by atoms with Crippen molar-refractivity contribution in [3.8, 4) is 16.8 Å². The van der Waals surface area contributed by atoms with Crippen LogP contribution < -0.4 is 11.0 Å². The number of aromatic nitrogens is 4. The minimum Gasteiger partial charge on any atom is -0.375 e. The molecule has 9 heteroatoms. The first kappa shape index (κ1) is 22.8. The fraction of sp³-hybridized carbons (Fsp3) is 0.154. The van der Waals surface area contributed by atoms with E-state index in [-0.39, 0.29) is 18.2 Å². The molecule has 176 valence electrons. The number of imidazole rings is 1. The Morgan fingerprint density at radius 2 is 1.86 bits per heavy atom. The number of methoxy groups -OCH3 is 1. The summed E-state index contributed by atoms with van der Waals surface area (Å²) in [7, 11) is 3.19. The molecule has 0 bridgehead atoms. The Morgan fingerprint density at radius 3 is 2.57 bits per heavy atom. The van der Waals surface area contributed by atoms with Crippen LogP contribution in [0.2, 0.25) is 5.02 Å². The summed E-state index contributed by atoms with van der Waals surface area (Å²) in [5.41, 5.74) is 5.42. The van der Waals surface area contributed by atoms with Gasteiger partial charge in [-0.1, -0.05) is 23.7 Å². The minimum absolute atomic E-state index is 0.0396. The normalized spacial score (nSPS) is 11.3. The molecule has 3 heterocycles. The number of halogens is 1. The Balaban J connectivity index is 1.66. The fourth-order valence-corrected chi connectivity index (χ4v) is 4.26. The maximum absolute atomic E-state index is 13.3. The molecule has 8 nitrogen and oxygen atoms in total. The van der Waals surface area contributed by atoms with Crippen LogP contribution >= 0.6 is 11.6 Å². The van der Waals surface area contributed by atoms with Crippen molar-refractivity contribution in [1.82, 2.24) is 19.1 Å². The van der Waals surface area contributed by atoms with Gasteiger partial charge < -0.3 is 10.1 Å². The molecule has 3 aromatic heterocycles. The second-order valence-electron chi connectivity index (χ2n) is 8.25. The van der Waals surface area contributed by atoms with Crippen molar-refractivity contribution in [3.63, 3.8) is 0 Å². The van der Waals surface area contributed by atoms with Crippen LogP contribution in [-0.4, -0.2) is 38.7 Å². The van der Waals surface area contributed by atoms with Gasteiger partial charge in [-0.25, -0.2) is 9.78 Å². The Kier molecular flexibility index (Phi) is 5.84. The van der Waals surface area contributed by atoms with Gasteiger partial charge in [0.1, 0.15) is 12.4 Å². The van der Waals surface area contributed by atoms with Crippen molar-refractivity contribution in [2.75, 3.05) is 19.0 Å². The number of anilines is 1. The van der Waals surface area contributed by atoms with Crippen LogP contribution in [0.3, 0.4) is 0 Å². The molecule has 1 amide bonds. The lowest BCUT2D eigenvalue weighted by Crippen LogP contribution is -2.20. The molecule has 0 saturated heterocycles. The summed E-state index contributed by atoms with van der Waals surface area (Å²) in [6.07, 6.45) is 3.40. The van der Waals surface area contributed by atoms with Gasteiger partial charge >= 0.3 is 5.69 Å². The van der Waals surface area contributed by atoms with Crippen LogP contribution in [-0.2, 0) is 16.6 Å². The number of carbonyl (C=O) groups excluding carboxylic acids is 1. The van der Waals surface area contributed by atoms with Gasteiger partial charge in [-0.15, -0.1) is 0 Å². The molecule has 1 N–H and O–H groups in total. The second-order valence-corrected chi connectivity index (χ2v) is 8.65. The number of nitrogens with zero attached hydrogens (tertiary/aromatic N) is 4. The highest BCUT2D eigenvalue weighted by atomic mass is 35.5.